The Morgan fingerprint density at radius 2 is 1.74 bits per heavy atom. The molecule has 0 saturated heterocycles. The topological polar surface area (TPSA) is 88.5 Å². The van der Waals surface area contributed by atoms with Gasteiger partial charge < -0.3 is 5.32 Å². The largest absolute Gasteiger partial charge is 0.322 e. The van der Waals surface area contributed by atoms with Crippen LogP contribution in [0.2, 0.25) is 0 Å². The van der Waals surface area contributed by atoms with Crippen LogP contribution in [-0.2, 0) is 10.0 Å². The standard InChI is InChI=1S/C25H25N3O4S2/c1-16(2)28-22-13-10-19(15-23(22)33-25(28)30)26-24(29)18-6-5-7-20(14-18)27(4)34(31,32)21-11-8-17(3)9-12-21/h5-16H,1-4H3,(H,26,29). The number of aryl methyl sites for hydroxylation is 1. The number of nitrogens with one attached hydrogen (secondary N) is 1. The summed E-state index contributed by atoms with van der Waals surface area (Å²) in [6.07, 6.45) is 0. The van der Waals surface area contributed by atoms with Gasteiger partial charge in [0.15, 0.2) is 0 Å². The highest BCUT2D eigenvalue weighted by Gasteiger charge is 2.22. The number of amides is 1. The van der Waals surface area contributed by atoms with Crippen molar-refractivity contribution in [2.24, 2.45) is 0 Å². The maximum atomic E-state index is 13.0. The first kappa shape index (κ1) is 23.7. The van der Waals surface area contributed by atoms with Crippen LogP contribution < -0.4 is 14.5 Å². The van der Waals surface area contributed by atoms with Crippen molar-refractivity contribution in [3.05, 3.63) is 87.5 Å². The summed E-state index contributed by atoms with van der Waals surface area (Å²) in [4.78, 5) is 25.3. The first-order chi connectivity index (χ1) is 16.1. The van der Waals surface area contributed by atoms with Crippen LogP contribution in [0, 0.1) is 6.92 Å². The highest BCUT2D eigenvalue weighted by atomic mass is 32.2. The van der Waals surface area contributed by atoms with E-state index in [9.17, 15) is 18.0 Å². The first-order valence-corrected chi connectivity index (χ1v) is 13.0. The van der Waals surface area contributed by atoms with Gasteiger partial charge in [-0.3, -0.25) is 18.5 Å². The fourth-order valence-corrected chi connectivity index (χ4v) is 5.90. The quantitative estimate of drug-likeness (QED) is 0.406. The van der Waals surface area contributed by atoms with Gasteiger partial charge in [0.2, 0.25) is 0 Å². The van der Waals surface area contributed by atoms with Crippen molar-refractivity contribution in [3.8, 4) is 0 Å². The number of hydrogen-bond acceptors (Lipinski definition) is 5. The minimum Gasteiger partial charge on any atom is -0.322 e. The minimum absolute atomic E-state index is 0.0395. The lowest BCUT2D eigenvalue weighted by Gasteiger charge is -2.20. The summed E-state index contributed by atoms with van der Waals surface area (Å²) in [5, 5.41) is 2.84. The van der Waals surface area contributed by atoms with E-state index in [1.165, 1.54) is 13.1 Å². The second-order valence-corrected chi connectivity index (χ2v) is 11.3. The van der Waals surface area contributed by atoms with Gasteiger partial charge in [-0.05, 0) is 69.3 Å². The van der Waals surface area contributed by atoms with Crippen molar-refractivity contribution in [1.82, 2.24) is 4.57 Å². The van der Waals surface area contributed by atoms with Crippen LogP contribution in [0.1, 0.15) is 35.8 Å². The van der Waals surface area contributed by atoms with Crippen molar-refractivity contribution < 1.29 is 13.2 Å². The first-order valence-electron chi connectivity index (χ1n) is 10.7. The Bertz CT molecular complexity index is 1530. The third kappa shape index (κ3) is 4.49. The molecular formula is C25H25N3O4S2. The average molecular weight is 496 g/mol. The third-order valence-corrected chi connectivity index (χ3v) is 8.26. The molecule has 0 aliphatic carbocycles. The number of fused-ring (bicyclic) bond motifs is 1. The van der Waals surface area contributed by atoms with E-state index in [4.69, 9.17) is 0 Å². The summed E-state index contributed by atoms with van der Waals surface area (Å²) >= 11 is 1.13. The van der Waals surface area contributed by atoms with Crippen LogP contribution >= 0.6 is 11.3 Å². The van der Waals surface area contributed by atoms with Gasteiger partial charge in [0.25, 0.3) is 15.9 Å². The van der Waals surface area contributed by atoms with E-state index in [1.807, 2.05) is 26.8 Å². The molecule has 0 unspecified atom stereocenters. The van der Waals surface area contributed by atoms with Crippen LogP contribution in [-0.4, -0.2) is 25.9 Å². The van der Waals surface area contributed by atoms with Gasteiger partial charge in [-0.2, -0.15) is 0 Å². The molecule has 4 rings (SSSR count). The normalized spacial score (nSPS) is 11.7. The highest BCUT2D eigenvalue weighted by molar-refractivity contribution is 7.92. The summed E-state index contributed by atoms with van der Waals surface area (Å²) in [6.45, 7) is 5.79. The van der Waals surface area contributed by atoms with Crippen LogP contribution in [0.5, 0.6) is 0 Å². The van der Waals surface area contributed by atoms with Crippen LogP contribution in [0.4, 0.5) is 11.4 Å². The van der Waals surface area contributed by atoms with Gasteiger partial charge >= 0.3 is 4.87 Å². The molecule has 0 radical (unpaired) electrons. The number of anilines is 2. The summed E-state index contributed by atoms with van der Waals surface area (Å²) < 4.78 is 29.7. The Balaban J connectivity index is 1.58. The molecular weight excluding hydrogens is 470 g/mol. The summed E-state index contributed by atoms with van der Waals surface area (Å²) in [6, 6.07) is 18.4. The van der Waals surface area contributed by atoms with Crippen LogP contribution in [0.25, 0.3) is 10.2 Å². The molecule has 176 valence electrons. The van der Waals surface area contributed by atoms with E-state index < -0.39 is 10.0 Å². The third-order valence-electron chi connectivity index (χ3n) is 5.54. The second-order valence-electron chi connectivity index (χ2n) is 8.30. The number of rotatable bonds is 6. The van der Waals surface area contributed by atoms with Gasteiger partial charge in [-0.15, -0.1) is 0 Å². The number of carbonyl (C=O) groups excluding carboxylic acids is 1. The van der Waals surface area contributed by atoms with Gasteiger partial charge in [-0.25, -0.2) is 8.42 Å². The molecule has 1 aromatic heterocycles. The molecule has 1 amide bonds. The molecule has 0 fully saturated rings. The fraction of sp³-hybridized carbons (Fsp3) is 0.200. The zero-order valence-electron chi connectivity index (χ0n) is 19.3. The fourth-order valence-electron chi connectivity index (χ4n) is 3.66. The van der Waals surface area contributed by atoms with Crippen molar-refractivity contribution >= 4 is 48.9 Å². The Labute approximate surface area is 202 Å². The second kappa shape index (κ2) is 9.08. The smallest absolute Gasteiger partial charge is 0.308 e. The summed E-state index contributed by atoms with van der Waals surface area (Å²) in [7, 11) is -2.31. The Morgan fingerprint density at radius 1 is 1.03 bits per heavy atom. The Hall–Kier alpha value is -3.43. The SMILES string of the molecule is Cc1ccc(S(=O)(=O)N(C)c2cccc(C(=O)Nc3ccc4c(c3)sc(=O)n4C(C)C)c2)cc1. The number of aromatic nitrogens is 1. The molecule has 0 aliphatic rings. The van der Waals surface area contributed by atoms with Crippen molar-refractivity contribution in [2.45, 2.75) is 31.7 Å². The lowest BCUT2D eigenvalue weighted by atomic mass is 10.2. The van der Waals surface area contributed by atoms with Gasteiger partial charge in [-0.1, -0.05) is 35.1 Å². The molecule has 0 spiro atoms. The highest BCUT2D eigenvalue weighted by Crippen LogP contribution is 2.26. The number of hydrogen-bond donors (Lipinski definition) is 1. The van der Waals surface area contributed by atoms with Gasteiger partial charge in [0.05, 0.1) is 20.8 Å². The predicted molar refractivity (Wildman–Crippen MR) is 138 cm³/mol. The van der Waals surface area contributed by atoms with Gasteiger partial charge in [0, 0.05) is 24.3 Å². The van der Waals surface area contributed by atoms with E-state index in [0.717, 1.165) is 31.4 Å². The molecule has 1 heterocycles. The van der Waals surface area contributed by atoms with Crippen LogP contribution in [0.3, 0.4) is 0 Å². The number of nitrogens with zero attached hydrogens (tertiary/aromatic N) is 2. The molecule has 9 heteroatoms. The van der Waals surface area contributed by atoms with E-state index in [0.29, 0.717) is 16.9 Å². The number of benzene rings is 3. The van der Waals surface area contributed by atoms with Gasteiger partial charge in [0.1, 0.15) is 0 Å². The number of thiazole rings is 1. The number of sulfonamides is 1. The van der Waals surface area contributed by atoms with Crippen molar-refractivity contribution in [1.29, 1.82) is 0 Å². The summed E-state index contributed by atoms with van der Waals surface area (Å²) in [5.41, 5.74) is 3.03. The number of carbonyl (C=O) groups is 1. The Morgan fingerprint density at radius 3 is 2.41 bits per heavy atom. The Kier molecular flexibility index (Phi) is 6.33. The van der Waals surface area contributed by atoms with E-state index in [2.05, 4.69) is 5.32 Å². The average Bonchev–Trinajstić information content (AvgIpc) is 3.14. The van der Waals surface area contributed by atoms with Crippen molar-refractivity contribution in [2.75, 3.05) is 16.7 Å². The van der Waals surface area contributed by atoms with E-state index in [-0.39, 0.29) is 21.7 Å². The molecule has 0 atom stereocenters. The zero-order chi connectivity index (χ0) is 24.6. The molecule has 0 bridgehead atoms. The molecule has 0 saturated carbocycles. The zero-order valence-corrected chi connectivity index (χ0v) is 20.9. The molecule has 4 aromatic rings. The maximum Gasteiger partial charge on any atom is 0.308 e. The summed E-state index contributed by atoms with van der Waals surface area (Å²) in [5.74, 6) is -0.377. The monoisotopic (exact) mass is 495 g/mol. The molecule has 7 nitrogen and oxygen atoms in total. The molecule has 0 aliphatic heterocycles. The van der Waals surface area contributed by atoms with E-state index >= 15 is 0 Å². The molecule has 34 heavy (non-hydrogen) atoms. The van der Waals surface area contributed by atoms with Crippen molar-refractivity contribution in [3.63, 3.8) is 0 Å². The van der Waals surface area contributed by atoms with E-state index in [1.54, 1.807) is 59.2 Å². The molecule has 3 aromatic carbocycles. The molecule has 1 N–H and O–H groups in total. The lowest BCUT2D eigenvalue weighted by molar-refractivity contribution is 0.102. The minimum atomic E-state index is -3.77. The van der Waals surface area contributed by atoms with Crippen LogP contribution in [0.15, 0.2) is 76.4 Å². The predicted octanol–water partition coefficient (Wildman–Crippen LogP) is 5.03. The lowest BCUT2D eigenvalue weighted by Crippen LogP contribution is -2.26. The maximum absolute atomic E-state index is 13.0.